The number of carbonyl (C=O) groups excluding carboxylic acids is 2. The van der Waals surface area contributed by atoms with Gasteiger partial charge in [0.25, 0.3) is 5.91 Å². The van der Waals surface area contributed by atoms with Crippen LogP contribution in [0.4, 0.5) is 5.13 Å². The summed E-state index contributed by atoms with van der Waals surface area (Å²) in [5.41, 5.74) is 4.73. The largest absolute Gasteiger partial charge is 0.497 e. The predicted molar refractivity (Wildman–Crippen MR) is 149 cm³/mol. The van der Waals surface area contributed by atoms with Crippen molar-refractivity contribution in [3.05, 3.63) is 70.7 Å². The number of hydrogen-bond donors (Lipinski definition) is 1. The number of thiazole rings is 1. The van der Waals surface area contributed by atoms with Crippen molar-refractivity contribution in [2.24, 2.45) is 0 Å². The van der Waals surface area contributed by atoms with Crippen molar-refractivity contribution < 1.29 is 19.1 Å². The lowest BCUT2D eigenvalue weighted by atomic mass is 9.95. The molecule has 5 rings (SSSR count). The fourth-order valence-corrected chi connectivity index (χ4v) is 5.41. The van der Waals surface area contributed by atoms with Crippen LogP contribution < -0.4 is 10.1 Å². The number of esters is 1. The van der Waals surface area contributed by atoms with Gasteiger partial charge in [0.2, 0.25) is 0 Å². The van der Waals surface area contributed by atoms with Crippen LogP contribution in [0.3, 0.4) is 0 Å². The number of ether oxygens (including phenoxy) is 2. The molecule has 1 N–H and O–H groups in total. The fraction of sp³-hybridized carbons (Fsp3) is 0.310. The molecule has 0 saturated carbocycles. The number of benzene rings is 2. The molecule has 1 unspecified atom stereocenters. The van der Waals surface area contributed by atoms with Crippen molar-refractivity contribution in [2.45, 2.75) is 39.3 Å². The second-order valence-electron chi connectivity index (χ2n) is 9.26. The van der Waals surface area contributed by atoms with E-state index in [0.717, 1.165) is 65.1 Å². The number of aromatic nitrogens is 2. The van der Waals surface area contributed by atoms with Crippen molar-refractivity contribution in [3.8, 4) is 17.0 Å². The molecule has 0 fully saturated rings. The van der Waals surface area contributed by atoms with Crippen LogP contribution in [0.5, 0.6) is 5.75 Å². The van der Waals surface area contributed by atoms with Gasteiger partial charge in [0, 0.05) is 47.1 Å². The summed E-state index contributed by atoms with van der Waals surface area (Å²) < 4.78 is 10.9. The molecular weight excluding hydrogens is 500 g/mol. The van der Waals surface area contributed by atoms with Gasteiger partial charge < -0.3 is 9.47 Å². The van der Waals surface area contributed by atoms with Crippen molar-refractivity contribution in [1.29, 1.82) is 0 Å². The summed E-state index contributed by atoms with van der Waals surface area (Å²) in [6.45, 7) is 6.22. The molecule has 0 spiro atoms. The van der Waals surface area contributed by atoms with E-state index in [1.54, 1.807) is 14.0 Å². The zero-order valence-electron chi connectivity index (χ0n) is 21.7. The molecule has 0 bridgehead atoms. The minimum atomic E-state index is -1.01. The van der Waals surface area contributed by atoms with E-state index in [-0.39, 0.29) is 0 Å². The van der Waals surface area contributed by atoms with Crippen molar-refractivity contribution >= 4 is 39.2 Å². The number of carbonyl (C=O) groups is 2. The van der Waals surface area contributed by atoms with E-state index in [2.05, 4.69) is 22.1 Å². The highest BCUT2D eigenvalue weighted by Gasteiger charge is 2.28. The summed E-state index contributed by atoms with van der Waals surface area (Å²) in [7, 11) is 1.62. The molecule has 2 aromatic heterocycles. The first-order chi connectivity index (χ1) is 18.5. The molecule has 1 amide bonds. The van der Waals surface area contributed by atoms with E-state index >= 15 is 0 Å². The van der Waals surface area contributed by atoms with Gasteiger partial charge in [0.15, 0.2) is 11.2 Å². The number of nitrogens with one attached hydrogen (secondary N) is 1. The third-order valence-electron chi connectivity index (χ3n) is 6.64. The molecule has 2 aromatic carbocycles. The van der Waals surface area contributed by atoms with Crippen LogP contribution in [0.15, 0.2) is 53.9 Å². The molecule has 3 heterocycles. The number of pyridine rings is 1. The number of fused-ring (bicyclic) bond motifs is 2. The van der Waals surface area contributed by atoms with Crippen LogP contribution in [0, 0.1) is 0 Å². The summed E-state index contributed by atoms with van der Waals surface area (Å²) in [6, 6.07) is 15.1. The molecule has 0 saturated heterocycles. The molecule has 1 aliphatic heterocycles. The number of rotatable bonds is 8. The number of hydrogen-bond acceptors (Lipinski definition) is 8. The Balaban J connectivity index is 1.33. The van der Waals surface area contributed by atoms with Crippen LogP contribution in [0.1, 0.15) is 41.9 Å². The number of anilines is 1. The highest BCUT2D eigenvalue weighted by molar-refractivity contribution is 7.14. The lowest BCUT2D eigenvalue weighted by Gasteiger charge is -2.29. The van der Waals surface area contributed by atoms with Crippen molar-refractivity contribution in [3.63, 3.8) is 0 Å². The Morgan fingerprint density at radius 1 is 1.13 bits per heavy atom. The quantitative estimate of drug-likeness (QED) is 0.308. The van der Waals surface area contributed by atoms with Gasteiger partial charge in [0.1, 0.15) is 5.75 Å². The third-order valence-corrected chi connectivity index (χ3v) is 7.40. The molecule has 196 valence electrons. The summed E-state index contributed by atoms with van der Waals surface area (Å²) in [6.07, 6.45) is 0.801. The summed E-state index contributed by atoms with van der Waals surface area (Å²) in [5.74, 6) is -0.192. The van der Waals surface area contributed by atoms with Crippen LogP contribution in [0.25, 0.3) is 22.2 Å². The normalized spacial score (nSPS) is 14.1. The van der Waals surface area contributed by atoms with Gasteiger partial charge in [-0.25, -0.2) is 9.78 Å². The fourth-order valence-electron chi connectivity index (χ4n) is 4.69. The van der Waals surface area contributed by atoms with Gasteiger partial charge in [-0.05, 0) is 50.2 Å². The standard InChI is InChI=1S/C29H30N4O4S/c1-4-14-33-15-13-24-22(16-33)26(21-7-5-6-8-23(21)30-24)28(35)37-18(2)27(34)32-29-31-25(17-38-29)19-9-11-20(36-3)12-10-19/h5-12,17-18H,4,13-16H2,1-3H3,(H,31,32,34). The lowest BCUT2D eigenvalue weighted by molar-refractivity contribution is -0.123. The maximum Gasteiger partial charge on any atom is 0.339 e. The van der Waals surface area contributed by atoms with Crippen LogP contribution in [-0.4, -0.2) is 53.0 Å². The zero-order valence-corrected chi connectivity index (χ0v) is 22.5. The second-order valence-corrected chi connectivity index (χ2v) is 10.1. The van der Waals surface area contributed by atoms with E-state index in [1.165, 1.54) is 11.3 Å². The highest BCUT2D eigenvalue weighted by Crippen LogP contribution is 2.30. The SMILES string of the molecule is CCCN1CCc2nc3ccccc3c(C(=O)OC(C)C(=O)Nc3nc(-c4ccc(OC)cc4)cs3)c2C1. The third kappa shape index (κ3) is 5.39. The Bertz CT molecular complexity index is 1470. The molecule has 1 atom stereocenters. The first-order valence-electron chi connectivity index (χ1n) is 12.7. The smallest absolute Gasteiger partial charge is 0.339 e. The average Bonchev–Trinajstić information content (AvgIpc) is 3.40. The number of para-hydroxylation sites is 1. The Morgan fingerprint density at radius 3 is 2.68 bits per heavy atom. The Kier molecular flexibility index (Phi) is 7.67. The van der Waals surface area contributed by atoms with E-state index in [4.69, 9.17) is 14.5 Å². The number of nitrogens with zero attached hydrogens (tertiary/aromatic N) is 3. The summed E-state index contributed by atoms with van der Waals surface area (Å²) in [4.78, 5) is 38.1. The lowest BCUT2D eigenvalue weighted by Crippen LogP contribution is -2.34. The van der Waals surface area contributed by atoms with Crippen LogP contribution >= 0.6 is 11.3 Å². The van der Waals surface area contributed by atoms with Crippen molar-refractivity contribution in [2.75, 3.05) is 25.5 Å². The minimum Gasteiger partial charge on any atom is -0.497 e. The van der Waals surface area contributed by atoms with E-state index in [1.807, 2.05) is 53.9 Å². The Hall–Kier alpha value is -3.82. The van der Waals surface area contributed by atoms with Gasteiger partial charge in [-0.2, -0.15) is 0 Å². The maximum atomic E-state index is 13.5. The molecule has 9 heteroatoms. The number of methoxy groups -OCH3 is 1. The van der Waals surface area contributed by atoms with E-state index in [0.29, 0.717) is 17.2 Å². The Labute approximate surface area is 225 Å². The average molecular weight is 531 g/mol. The molecule has 1 aliphatic rings. The van der Waals surface area contributed by atoms with Crippen LogP contribution in [-0.2, 0) is 22.5 Å². The van der Waals surface area contributed by atoms with Gasteiger partial charge >= 0.3 is 5.97 Å². The molecule has 0 radical (unpaired) electrons. The monoisotopic (exact) mass is 530 g/mol. The molecular formula is C29H30N4O4S. The first-order valence-corrected chi connectivity index (χ1v) is 13.6. The zero-order chi connectivity index (χ0) is 26.6. The minimum absolute atomic E-state index is 0.436. The Morgan fingerprint density at radius 2 is 1.92 bits per heavy atom. The van der Waals surface area contributed by atoms with Gasteiger partial charge in [0.05, 0.1) is 23.9 Å². The van der Waals surface area contributed by atoms with Gasteiger partial charge in [-0.3, -0.25) is 20.0 Å². The highest BCUT2D eigenvalue weighted by atomic mass is 32.1. The maximum absolute atomic E-state index is 13.5. The molecule has 4 aromatic rings. The number of amides is 1. The van der Waals surface area contributed by atoms with E-state index in [9.17, 15) is 9.59 Å². The summed E-state index contributed by atoms with van der Waals surface area (Å²) >= 11 is 1.31. The summed E-state index contributed by atoms with van der Waals surface area (Å²) in [5, 5.41) is 5.82. The molecule has 0 aliphatic carbocycles. The van der Waals surface area contributed by atoms with E-state index < -0.39 is 18.0 Å². The van der Waals surface area contributed by atoms with Crippen molar-refractivity contribution in [1.82, 2.24) is 14.9 Å². The molecule has 38 heavy (non-hydrogen) atoms. The van der Waals surface area contributed by atoms with Gasteiger partial charge in [-0.1, -0.05) is 25.1 Å². The van der Waals surface area contributed by atoms with Gasteiger partial charge in [-0.15, -0.1) is 11.3 Å². The topological polar surface area (TPSA) is 93.7 Å². The second kappa shape index (κ2) is 11.3. The van der Waals surface area contributed by atoms with Crippen LogP contribution in [0.2, 0.25) is 0 Å². The first kappa shape index (κ1) is 25.8. The molecule has 8 nitrogen and oxygen atoms in total. The predicted octanol–water partition coefficient (Wildman–Crippen LogP) is 5.32.